The highest BCUT2D eigenvalue weighted by Crippen LogP contribution is 2.26. The Labute approximate surface area is 154 Å². The fourth-order valence-corrected chi connectivity index (χ4v) is 2.80. The number of anilines is 1. The third-order valence-corrected chi connectivity index (χ3v) is 4.11. The second kappa shape index (κ2) is 6.41. The van der Waals surface area contributed by atoms with Gasteiger partial charge >= 0.3 is 11.8 Å². The molecule has 134 valence electrons. The molecule has 2 aromatic carbocycles. The number of carbonyl (C=O) groups is 3. The summed E-state index contributed by atoms with van der Waals surface area (Å²) in [4.78, 5) is 42.1. The summed E-state index contributed by atoms with van der Waals surface area (Å²) in [7, 11) is 1.56. The second-order valence-electron chi connectivity index (χ2n) is 5.77. The molecule has 4 rings (SSSR count). The van der Waals surface area contributed by atoms with E-state index in [4.69, 9.17) is 4.74 Å². The molecule has 0 aromatic heterocycles. The van der Waals surface area contributed by atoms with Gasteiger partial charge < -0.3 is 4.74 Å². The van der Waals surface area contributed by atoms with Crippen molar-refractivity contribution in [3.63, 3.8) is 0 Å². The number of nitrogens with one attached hydrogen (secondary N) is 1. The molecular formula is C19H14N4O4. The second-order valence-corrected chi connectivity index (χ2v) is 5.77. The van der Waals surface area contributed by atoms with E-state index in [1.807, 2.05) is 0 Å². The standard InChI is InChI=1S/C19H14N4O4/c1-27-14-9-7-12(8-10-14)11-15-16(24)20-19-22(13-5-3-2-4-6-13)18(26)17(25)21-23(15)19/h2-11H,1H3,(H,21,25)/b15-11+. The number of guanidine groups is 1. The van der Waals surface area contributed by atoms with E-state index in [1.165, 1.54) is 5.01 Å². The molecule has 2 aliphatic rings. The van der Waals surface area contributed by atoms with Crippen molar-refractivity contribution in [2.45, 2.75) is 0 Å². The van der Waals surface area contributed by atoms with Crippen LogP contribution in [0.3, 0.4) is 0 Å². The maximum Gasteiger partial charge on any atom is 0.329 e. The maximum atomic E-state index is 12.4. The normalized spacial score (nSPS) is 17.7. The lowest BCUT2D eigenvalue weighted by Crippen LogP contribution is -2.62. The number of fused-ring (bicyclic) bond motifs is 1. The van der Waals surface area contributed by atoms with Gasteiger partial charge in [-0.2, -0.15) is 4.99 Å². The quantitative estimate of drug-likeness (QED) is 0.657. The maximum absolute atomic E-state index is 12.4. The van der Waals surface area contributed by atoms with Crippen LogP contribution in [0.4, 0.5) is 5.69 Å². The van der Waals surface area contributed by atoms with Gasteiger partial charge in [-0.05, 0) is 35.9 Å². The Balaban J connectivity index is 1.73. The lowest BCUT2D eigenvalue weighted by atomic mass is 10.2. The Bertz CT molecular complexity index is 996. The van der Waals surface area contributed by atoms with E-state index in [1.54, 1.807) is 67.8 Å². The molecule has 0 unspecified atom stereocenters. The van der Waals surface area contributed by atoms with E-state index in [0.717, 1.165) is 4.90 Å². The fourth-order valence-electron chi connectivity index (χ4n) is 2.80. The average Bonchev–Trinajstić information content (AvgIpc) is 2.99. The molecule has 2 aromatic rings. The molecule has 2 heterocycles. The Morgan fingerprint density at radius 3 is 2.37 bits per heavy atom. The molecular weight excluding hydrogens is 348 g/mol. The Morgan fingerprint density at radius 2 is 1.70 bits per heavy atom. The van der Waals surface area contributed by atoms with Gasteiger partial charge in [0.2, 0.25) is 5.96 Å². The van der Waals surface area contributed by atoms with Crippen molar-refractivity contribution >= 4 is 35.4 Å². The molecule has 0 radical (unpaired) electrons. The van der Waals surface area contributed by atoms with E-state index in [0.29, 0.717) is 17.0 Å². The topological polar surface area (TPSA) is 91.3 Å². The summed E-state index contributed by atoms with van der Waals surface area (Å²) in [5, 5.41) is 1.23. The number of hydrogen-bond donors (Lipinski definition) is 1. The van der Waals surface area contributed by atoms with Crippen molar-refractivity contribution in [3.8, 4) is 5.75 Å². The van der Waals surface area contributed by atoms with E-state index in [9.17, 15) is 14.4 Å². The van der Waals surface area contributed by atoms with E-state index in [2.05, 4.69) is 10.4 Å². The molecule has 0 spiro atoms. The number of aliphatic imine (C=N–C) groups is 1. The Kier molecular flexibility index (Phi) is 3.92. The minimum absolute atomic E-state index is 0.0376. The molecule has 0 bridgehead atoms. The zero-order chi connectivity index (χ0) is 19.0. The van der Waals surface area contributed by atoms with Crippen molar-refractivity contribution in [1.29, 1.82) is 0 Å². The first-order valence-electron chi connectivity index (χ1n) is 8.07. The highest BCUT2D eigenvalue weighted by Gasteiger charge is 2.44. The van der Waals surface area contributed by atoms with E-state index < -0.39 is 17.7 Å². The van der Waals surface area contributed by atoms with Gasteiger partial charge in [0.25, 0.3) is 5.91 Å². The molecule has 2 aliphatic heterocycles. The van der Waals surface area contributed by atoms with Gasteiger partial charge in [-0.1, -0.05) is 30.3 Å². The lowest BCUT2D eigenvalue weighted by Gasteiger charge is -2.33. The molecule has 0 atom stereocenters. The van der Waals surface area contributed by atoms with Crippen LogP contribution in [-0.4, -0.2) is 35.8 Å². The Hall–Kier alpha value is -3.94. The van der Waals surface area contributed by atoms with Crippen LogP contribution in [0, 0.1) is 0 Å². The first-order chi connectivity index (χ1) is 13.1. The first kappa shape index (κ1) is 16.5. The number of rotatable bonds is 3. The number of para-hydroxylation sites is 1. The van der Waals surface area contributed by atoms with Gasteiger partial charge in [0.15, 0.2) is 0 Å². The summed E-state index contributed by atoms with van der Waals surface area (Å²) in [6.45, 7) is 0. The van der Waals surface area contributed by atoms with Gasteiger partial charge in [-0.15, -0.1) is 0 Å². The predicted molar refractivity (Wildman–Crippen MR) is 97.3 cm³/mol. The smallest absolute Gasteiger partial charge is 0.329 e. The zero-order valence-corrected chi connectivity index (χ0v) is 14.2. The fraction of sp³-hybridized carbons (Fsp3) is 0.0526. The number of hydrogen-bond acceptors (Lipinski definition) is 5. The van der Waals surface area contributed by atoms with Crippen LogP contribution >= 0.6 is 0 Å². The molecule has 3 amide bonds. The molecule has 1 N–H and O–H groups in total. The highest BCUT2D eigenvalue weighted by molar-refractivity contribution is 6.48. The van der Waals surface area contributed by atoms with E-state index >= 15 is 0 Å². The number of amides is 3. The molecule has 1 fully saturated rings. The van der Waals surface area contributed by atoms with Crippen LogP contribution < -0.4 is 15.1 Å². The average molecular weight is 362 g/mol. The number of methoxy groups -OCH3 is 1. The van der Waals surface area contributed by atoms with Crippen LogP contribution in [0.2, 0.25) is 0 Å². The number of ether oxygens (including phenoxy) is 1. The molecule has 8 nitrogen and oxygen atoms in total. The van der Waals surface area contributed by atoms with Gasteiger partial charge in [-0.3, -0.25) is 19.8 Å². The molecule has 0 saturated carbocycles. The predicted octanol–water partition coefficient (Wildman–Crippen LogP) is 1.31. The number of nitrogens with zero attached hydrogens (tertiary/aromatic N) is 3. The van der Waals surface area contributed by atoms with Crippen molar-refractivity contribution in [2.24, 2.45) is 4.99 Å². The lowest BCUT2D eigenvalue weighted by molar-refractivity contribution is -0.140. The van der Waals surface area contributed by atoms with Gasteiger partial charge in [0.1, 0.15) is 11.4 Å². The molecule has 27 heavy (non-hydrogen) atoms. The Morgan fingerprint density at radius 1 is 1.00 bits per heavy atom. The van der Waals surface area contributed by atoms with E-state index in [-0.39, 0.29) is 11.7 Å². The minimum atomic E-state index is -0.854. The highest BCUT2D eigenvalue weighted by atomic mass is 16.5. The number of benzene rings is 2. The molecule has 1 saturated heterocycles. The van der Waals surface area contributed by atoms with Gasteiger partial charge in [0, 0.05) is 0 Å². The summed E-state index contributed by atoms with van der Waals surface area (Å²) in [5.41, 5.74) is 3.71. The van der Waals surface area contributed by atoms with Crippen LogP contribution in [0.1, 0.15) is 5.56 Å². The van der Waals surface area contributed by atoms with Crippen LogP contribution in [0.5, 0.6) is 5.75 Å². The number of carbonyl (C=O) groups excluding carboxylic acids is 3. The zero-order valence-electron chi connectivity index (χ0n) is 14.2. The van der Waals surface area contributed by atoms with Crippen molar-refractivity contribution in [3.05, 3.63) is 65.9 Å². The monoisotopic (exact) mass is 362 g/mol. The largest absolute Gasteiger partial charge is 0.497 e. The van der Waals surface area contributed by atoms with Crippen LogP contribution in [0.25, 0.3) is 6.08 Å². The summed E-state index contributed by atoms with van der Waals surface area (Å²) < 4.78 is 5.11. The molecule has 0 aliphatic carbocycles. The summed E-state index contributed by atoms with van der Waals surface area (Å²) >= 11 is 0. The summed E-state index contributed by atoms with van der Waals surface area (Å²) in [5.74, 6) is -1.51. The summed E-state index contributed by atoms with van der Waals surface area (Å²) in [6.07, 6.45) is 1.58. The van der Waals surface area contributed by atoms with Crippen molar-refractivity contribution in [2.75, 3.05) is 12.0 Å². The van der Waals surface area contributed by atoms with Crippen molar-refractivity contribution in [1.82, 2.24) is 10.4 Å². The third-order valence-electron chi connectivity index (χ3n) is 4.11. The number of hydrazine groups is 1. The minimum Gasteiger partial charge on any atom is -0.497 e. The third kappa shape index (κ3) is 2.82. The van der Waals surface area contributed by atoms with Gasteiger partial charge in [0.05, 0.1) is 12.8 Å². The first-order valence-corrected chi connectivity index (χ1v) is 8.07. The SMILES string of the molecule is COc1ccc(/C=C2\C(=O)N=C3N2NC(=O)C(=O)N3c2ccccc2)cc1. The summed E-state index contributed by atoms with van der Waals surface area (Å²) in [6, 6.07) is 15.6. The van der Waals surface area contributed by atoms with Crippen LogP contribution in [0.15, 0.2) is 65.3 Å². The molecule has 8 heteroatoms. The van der Waals surface area contributed by atoms with Crippen molar-refractivity contribution < 1.29 is 19.1 Å². The van der Waals surface area contributed by atoms with Gasteiger partial charge in [-0.25, -0.2) is 9.91 Å². The van der Waals surface area contributed by atoms with Crippen LogP contribution in [-0.2, 0) is 14.4 Å².